The first kappa shape index (κ1) is 13.1. The lowest BCUT2D eigenvalue weighted by Crippen LogP contribution is -2.00. The van der Waals surface area contributed by atoms with E-state index in [4.69, 9.17) is 0 Å². The fourth-order valence-electron chi connectivity index (χ4n) is 2.67. The number of hydrogen-bond donors (Lipinski definition) is 0. The number of carbonyl (C=O) groups is 1. The first-order valence-corrected chi connectivity index (χ1v) is 7.13. The second kappa shape index (κ2) is 7.15. The van der Waals surface area contributed by atoms with Gasteiger partial charge in [-0.2, -0.15) is 0 Å². The second-order valence-electron chi connectivity index (χ2n) is 5.07. The lowest BCUT2D eigenvalue weighted by molar-refractivity contribution is -0.104. The summed E-state index contributed by atoms with van der Waals surface area (Å²) in [5.41, 5.74) is 3.56. The van der Waals surface area contributed by atoms with Crippen LogP contribution in [-0.2, 0) is 4.79 Å². The number of carbonyl (C=O) groups excluding carboxylic acids is 1. The molecule has 0 amide bonds. The summed E-state index contributed by atoms with van der Waals surface area (Å²) in [5.74, 6) is 0. The lowest BCUT2D eigenvalue weighted by atomic mass is 9.89. The van der Waals surface area contributed by atoms with E-state index in [9.17, 15) is 4.79 Å². The van der Waals surface area contributed by atoms with Crippen LogP contribution in [0.15, 0.2) is 47.1 Å². The highest BCUT2D eigenvalue weighted by atomic mass is 16.1. The molecule has 0 atom stereocenters. The van der Waals surface area contributed by atoms with Crippen molar-refractivity contribution in [1.29, 1.82) is 0 Å². The van der Waals surface area contributed by atoms with Crippen LogP contribution in [0.25, 0.3) is 0 Å². The van der Waals surface area contributed by atoms with Gasteiger partial charge in [0.2, 0.25) is 0 Å². The minimum Gasteiger partial charge on any atom is -0.298 e. The van der Waals surface area contributed by atoms with Gasteiger partial charge in [-0.15, -0.1) is 0 Å². The van der Waals surface area contributed by atoms with Crippen molar-refractivity contribution in [2.24, 2.45) is 0 Å². The van der Waals surface area contributed by atoms with Crippen LogP contribution >= 0.6 is 0 Å². The Hall–Kier alpha value is -1.37. The molecule has 0 saturated carbocycles. The highest BCUT2D eigenvalue weighted by Gasteiger charge is 2.11. The van der Waals surface area contributed by atoms with E-state index in [0.29, 0.717) is 0 Å². The molecule has 0 aromatic heterocycles. The van der Waals surface area contributed by atoms with Gasteiger partial charge in [-0.1, -0.05) is 30.4 Å². The predicted molar refractivity (Wildman–Crippen MR) is 76.4 cm³/mol. The third-order valence-electron chi connectivity index (χ3n) is 3.71. The molecule has 0 radical (unpaired) electrons. The van der Waals surface area contributed by atoms with E-state index in [1.165, 1.54) is 43.3 Å². The van der Waals surface area contributed by atoms with Gasteiger partial charge < -0.3 is 0 Å². The molecule has 0 saturated heterocycles. The monoisotopic (exact) mass is 242 g/mol. The standard InChI is InChI=1S/C17H22O/c18-14-16-12-8-4-5-9-13-17(16)15-10-6-2-1-3-7-11-15/h2,6,8,10,12,14H,1,3-5,7,9,11,13H2/b6-2-,12-8?,15-10?,17-16?. The second-order valence-corrected chi connectivity index (χ2v) is 5.07. The Balaban J connectivity index is 2.32. The van der Waals surface area contributed by atoms with Gasteiger partial charge >= 0.3 is 0 Å². The minimum absolute atomic E-state index is 0.898. The van der Waals surface area contributed by atoms with Gasteiger partial charge in [0, 0.05) is 5.57 Å². The van der Waals surface area contributed by atoms with E-state index < -0.39 is 0 Å². The minimum atomic E-state index is 0.898. The van der Waals surface area contributed by atoms with Crippen molar-refractivity contribution < 1.29 is 4.79 Å². The Bertz CT molecular complexity index is 407. The molecule has 0 aromatic rings. The van der Waals surface area contributed by atoms with Crippen LogP contribution < -0.4 is 0 Å². The van der Waals surface area contributed by atoms with Crippen LogP contribution in [0, 0.1) is 0 Å². The van der Waals surface area contributed by atoms with E-state index in [0.717, 1.165) is 31.1 Å². The van der Waals surface area contributed by atoms with E-state index in [2.05, 4.69) is 24.3 Å². The fourth-order valence-corrected chi connectivity index (χ4v) is 2.67. The molecule has 0 unspecified atom stereocenters. The first-order valence-electron chi connectivity index (χ1n) is 7.13. The van der Waals surface area contributed by atoms with Crippen molar-refractivity contribution in [2.45, 2.75) is 51.4 Å². The zero-order chi connectivity index (χ0) is 12.6. The van der Waals surface area contributed by atoms with E-state index >= 15 is 0 Å². The average Bonchev–Trinajstić information content (AvgIpc) is 2.30. The normalized spacial score (nSPS) is 23.4. The number of rotatable bonds is 2. The van der Waals surface area contributed by atoms with Gasteiger partial charge in [0.1, 0.15) is 6.29 Å². The number of aldehydes is 1. The number of allylic oxidation sites excluding steroid dienone is 8. The van der Waals surface area contributed by atoms with Crippen molar-refractivity contribution >= 4 is 6.29 Å². The summed E-state index contributed by atoms with van der Waals surface area (Å²) in [7, 11) is 0. The Labute approximate surface area is 110 Å². The molecule has 18 heavy (non-hydrogen) atoms. The molecule has 0 spiro atoms. The van der Waals surface area contributed by atoms with Gasteiger partial charge in [0.25, 0.3) is 0 Å². The summed E-state index contributed by atoms with van der Waals surface area (Å²) < 4.78 is 0. The third kappa shape index (κ3) is 3.56. The summed E-state index contributed by atoms with van der Waals surface area (Å²) in [6.07, 6.45) is 21.2. The summed E-state index contributed by atoms with van der Waals surface area (Å²) >= 11 is 0. The lowest BCUT2D eigenvalue weighted by Gasteiger charge is -2.16. The van der Waals surface area contributed by atoms with Crippen LogP contribution in [0.1, 0.15) is 51.4 Å². The first-order chi connectivity index (χ1) is 8.92. The smallest absolute Gasteiger partial charge is 0.150 e. The molecule has 1 heteroatoms. The summed E-state index contributed by atoms with van der Waals surface area (Å²) in [5, 5.41) is 0. The number of hydrogen-bond acceptors (Lipinski definition) is 1. The van der Waals surface area contributed by atoms with Crippen LogP contribution in [0.3, 0.4) is 0 Å². The largest absolute Gasteiger partial charge is 0.298 e. The van der Waals surface area contributed by atoms with E-state index in [1.54, 1.807) is 0 Å². The summed E-state index contributed by atoms with van der Waals surface area (Å²) in [6, 6.07) is 0. The highest BCUT2D eigenvalue weighted by molar-refractivity contribution is 5.80. The topological polar surface area (TPSA) is 17.1 Å². The molecule has 0 aromatic carbocycles. The molecule has 0 bridgehead atoms. The van der Waals surface area contributed by atoms with Gasteiger partial charge in [-0.25, -0.2) is 0 Å². The maximum Gasteiger partial charge on any atom is 0.150 e. The van der Waals surface area contributed by atoms with Gasteiger partial charge in [0.15, 0.2) is 0 Å². The molecular weight excluding hydrogens is 220 g/mol. The molecule has 96 valence electrons. The molecule has 0 aliphatic heterocycles. The fraction of sp³-hybridized carbons (Fsp3) is 0.471. The van der Waals surface area contributed by atoms with Crippen LogP contribution in [-0.4, -0.2) is 6.29 Å². The summed E-state index contributed by atoms with van der Waals surface area (Å²) in [4.78, 5) is 11.3. The molecule has 0 fully saturated rings. The van der Waals surface area contributed by atoms with Crippen LogP contribution in [0.4, 0.5) is 0 Å². The van der Waals surface area contributed by atoms with Crippen molar-refractivity contribution in [3.8, 4) is 0 Å². The van der Waals surface area contributed by atoms with Gasteiger partial charge in [-0.05, 0) is 62.5 Å². The molecule has 0 N–H and O–H groups in total. The molecule has 2 aliphatic rings. The van der Waals surface area contributed by atoms with Gasteiger partial charge in [0.05, 0.1) is 0 Å². The van der Waals surface area contributed by atoms with Crippen LogP contribution in [0.2, 0.25) is 0 Å². The molecule has 2 aliphatic carbocycles. The van der Waals surface area contributed by atoms with Crippen molar-refractivity contribution in [1.82, 2.24) is 0 Å². The SMILES string of the molecule is O=CC1=C(C2=C/C=C\CCCC2)CCCCC=C1. The van der Waals surface area contributed by atoms with Gasteiger partial charge in [-0.3, -0.25) is 4.79 Å². The van der Waals surface area contributed by atoms with E-state index in [-0.39, 0.29) is 0 Å². The highest BCUT2D eigenvalue weighted by Crippen LogP contribution is 2.28. The Morgan fingerprint density at radius 3 is 2.56 bits per heavy atom. The Kier molecular flexibility index (Phi) is 5.19. The summed E-state index contributed by atoms with van der Waals surface area (Å²) in [6.45, 7) is 0. The quantitative estimate of drug-likeness (QED) is 0.643. The third-order valence-corrected chi connectivity index (χ3v) is 3.71. The maximum atomic E-state index is 11.3. The predicted octanol–water partition coefficient (Wildman–Crippen LogP) is 4.67. The Morgan fingerprint density at radius 1 is 0.944 bits per heavy atom. The molecule has 0 heterocycles. The average molecular weight is 242 g/mol. The maximum absolute atomic E-state index is 11.3. The van der Waals surface area contributed by atoms with Crippen molar-refractivity contribution in [3.05, 3.63) is 47.1 Å². The Morgan fingerprint density at radius 2 is 1.72 bits per heavy atom. The molecular formula is C17H22O. The zero-order valence-corrected chi connectivity index (χ0v) is 11.0. The molecule has 1 nitrogen and oxygen atoms in total. The zero-order valence-electron chi connectivity index (χ0n) is 11.0. The molecule has 2 rings (SSSR count). The van der Waals surface area contributed by atoms with Crippen molar-refractivity contribution in [3.63, 3.8) is 0 Å². The van der Waals surface area contributed by atoms with Crippen LogP contribution in [0.5, 0.6) is 0 Å². The van der Waals surface area contributed by atoms with Crippen molar-refractivity contribution in [2.75, 3.05) is 0 Å². The van der Waals surface area contributed by atoms with E-state index in [1.807, 2.05) is 6.08 Å².